The molecule has 0 aliphatic heterocycles. The van der Waals surface area contributed by atoms with Gasteiger partial charge in [0, 0.05) is 5.54 Å². The van der Waals surface area contributed by atoms with Crippen LogP contribution in [0.5, 0.6) is 0 Å². The van der Waals surface area contributed by atoms with Crippen molar-refractivity contribution in [1.82, 2.24) is 5.32 Å². The average Bonchev–Trinajstić information content (AvgIpc) is 3.01. The third-order valence-corrected chi connectivity index (χ3v) is 5.88. The first-order valence-electron chi connectivity index (χ1n) is 13.4. The van der Waals surface area contributed by atoms with Crippen LogP contribution in [0.1, 0.15) is 48.5 Å². The summed E-state index contributed by atoms with van der Waals surface area (Å²) in [6.45, 7) is 11.0. The molecule has 0 radical (unpaired) electrons. The molecule has 1 aromatic carbocycles. The molecule has 0 spiro atoms. The fourth-order valence-corrected chi connectivity index (χ4v) is 4.46. The number of hydrogen-bond donors (Lipinski definition) is 1. The Morgan fingerprint density at radius 2 is 1.34 bits per heavy atom. The summed E-state index contributed by atoms with van der Waals surface area (Å²) >= 11 is 0. The van der Waals surface area contributed by atoms with Gasteiger partial charge in [0.1, 0.15) is 11.5 Å². The van der Waals surface area contributed by atoms with Crippen LogP contribution in [-0.2, 0) is 38.1 Å². The molecule has 0 saturated carbocycles. The average molecular weight is 570 g/mol. The molecule has 1 aromatic heterocycles. The van der Waals surface area contributed by atoms with E-state index in [1.807, 2.05) is 0 Å². The first kappa shape index (κ1) is 31.1. The summed E-state index contributed by atoms with van der Waals surface area (Å²) in [7, 11) is 0. The molecule has 1 aliphatic rings. The summed E-state index contributed by atoms with van der Waals surface area (Å²) in [5.41, 5.74) is -3.33. The number of benzene rings is 1. The Kier molecular flexibility index (Phi) is 9.75. The van der Waals surface area contributed by atoms with Gasteiger partial charge in [-0.1, -0.05) is 12.1 Å². The minimum absolute atomic E-state index is 0.0983. The lowest BCUT2D eigenvalue weighted by atomic mass is 9.87. The van der Waals surface area contributed by atoms with Gasteiger partial charge in [-0.25, -0.2) is 14.4 Å². The SMILES string of the molecule is CCOC(=O)C1=C(C(=O)OCC)C(C(=O)OCC)C(C(=O)OCC)=c2oc3ccccc3c(=O)c2=C1NC(C)(C)C. The summed E-state index contributed by atoms with van der Waals surface area (Å²) < 4.78 is 27.4. The van der Waals surface area contributed by atoms with Crippen molar-refractivity contribution < 1.29 is 42.5 Å². The van der Waals surface area contributed by atoms with Crippen LogP contribution in [0.4, 0.5) is 0 Å². The van der Waals surface area contributed by atoms with E-state index in [-0.39, 0.29) is 53.7 Å². The van der Waals surface area contributed by atoms with E-state index in [0.29, 0.717) is 0 Å². The Balaban J connectivity index is 2.84. The van der Waals surface area contributed by atoms with E-state index in [4.69, 9.17) is 23.4 Å². The van der Waals surface area contributed by atoms with Gasteiger partial charge in [-0.15, -0.1) is 0 Å². The van der Waals surface area contributed by atoms with Crippen molar-refractivity contribution in [3.63, 3.8) is 0 Å². The molecule has 1 aliphatic carbocycles. The minimum atomic E-state index is -1.87. The van der Waals surface area contributed by atoms with E-state index in [9.17, 15) is 24.0 Å². The summed E-state index contributed by atoms with van der Waals surface area (Å²) in [5, 5.41) is 3.02. The van der Waals surface area contributed by atoms with Gasteiger partial charge in [0.05, 0.1) is 59.4 Å². The lowest BCUT2D eigenvalue weighted by molar-refractivity contribution is -0.150. The monoisotopic (exact) mass is 569 g/mol. The van der Waals surface area contributed by atoms with Gasteiger partial charge >= 0.3 is 23.9 Å². The molecule has 1 heterocycles. The van der Waals surface area contributed by atoms with Crippen LogP contribution in [0.2, 0.25) is 0 Å². The van der Waals surface area contributed by atoms with Crippen LogP contribution < -0.4 is 21.4 Å². The number of carbonyl (C=O) groups excluding carboxylic acids is 4. The molecular weight excluding hydrogens is 534 g/mol. The van der Waals surface area contributed by atoms with Crippen molar-refractivity contribution >= 4 is 46.1 Å². The number of nitrogens with one attached hydrogen (secondary N) is 1. The standard InChI is InChI=1S/C30H35NO10/c1-8-37-26(33)18-19(27(34)38-9-2)21(29(36)40-11-4)25-22(24(32)16-14-12-13-15-17(16)41-25)23(31-30(5,6)7)20(18)28(35)39-10-3/h12-15,19,31H,8-11H2,1-7H3. The van der Waals surface area contributed by atoms with Gasteiger partial charge in [0.2, 0.25) is 5.43 Å². The topological polar surface area (TPSA) is 147 Å². The fraction of sp³-hybridized carbons (Fsp3) is 0.433. The molecule has 1 atom stereocenters. The highest BCUT2D eigenvalue weighted by Gasteiger charge is 2.45. The first-order valence-corrected chi connectivity index (χ1v) is 13.4. The molecule has 1 unspecified atom stereocenters. The Hall–Kier alpha value is -4.41. The van der Waals surface area contributed by atoms with Gasteiger partial charge in [-0.05, 0) is 60.6 Å². The van der Waals surface area contributed by atoms with E-state index in [1.165, 1.54) is 12.1 Å². The van der Waals surface area contributed by atoms with Crippen molar-refractivity contribution in [1.29, 1.82) is 0 Å². The summed E-state index contributed by atoms with van der Waals surface area (Å²) in [5.74, 6) is -6.09. The van der Waals surface area contributed by atoms with Crippen molar-refractivity contribution in [2.45, 2.75) is 54.0 Å². The number of hydrogen-bond acceptors (Lipinski definition) is 11. The maximum Gasteiger partial charge on any atom is 0.340 e. The molecule has 3 rings (SSSR count). The number of ether oxygens (including phenoxy) is 4. The van der Waals surface area contributed by atoms with Gasteiger partial charge in [-0.3, -0.25) is 9.59 Å². The molecule has 11 nitrogen and oxygen atoms in total. The third kappa shape index (κ3) is 6.34. The van der Waals surface area contributed by atoms with Crippen LogP contribution >= 0.6 is 0 Å². The third-order valence-electron chi connectivity index (χ3n) is 5.88. The summed E-state index contributed by atoms with van der Waals surface area (Å²) in [6.07, 6.45) is 0. The number of esters is 4. The van der Waals surface area contributed by atoms with Crippen LogP contribution in [0.3, 0.4) is 0 Å². The first-order chi connectivity index (χ1) is 19.4. The Bertz CT molecular complexity index is 1590. The lowest BCUT2D eigenvalue weighted by Gasteiger charge is -2.27. The normalized spacial score (nSPS) is 15.1. The fourth-order valence-electron chi connectivity index (χ4n) is 4.46. The van der Waals surface area contributed by atoms with Crippen LogP contribution in [-0.4, -0.2) is 55.8 Å². The maximum atomic E-state index is 14.2. The van der Waals surface area contributed by atoms with E-state index >= 15 is 0 Å². The van der Waals surface area contributed by atoms with Gasteiger partial charge in [-0.2, -0.15) is 0 Å². The Morgan fingerprint density at radius 3 is 1.90 bits per heavy atom. The van der Waals surface area contributed by atoms with E-state index in [1.54, 1.807) is 60.6 Å². The highest BCUT2D eigenvalue weighted by Crippen LogP contribution is 2.33. The van der Waals surface area contributed by atoms with Crippen LogP contribution in [0, 0.1) is 5.92 Å². The highest BCUT2D eigenvalue weighted by atomic mass is 16.5. The Morgan fingerprint density at radius 1 is 0.805 bits per heavy atom. The van der Waals surface area contributed by atoms with Gasteiger partial charge in [0.25, 0.3) is 0 Å². The molecule has 11 heteroatoms. The molecule has 0 fully saturated rings. The minimum Gasteiger partial charge on any atom is -0.465 e. The van der Waals surface area contributed by atoms with Crippen molar-refractivity contribution in [3.05, 3.63) is 56.3 Å². The van der Waals surface area contributed by atoms with Crippen molar-refractivity contribution in [2.24, 2.45) is 5.92 Å². The lowest BCUT2D eigenvalue weighted by Crippen LogP contribution is -2.49. The van der Waals surface area contributed by atoms with E-state index in [2.05, 4.69) is 5.32 Å². The smallest absolute Gasteiger partial charge is 0.340 e. The maximum absolute atomic E-state index is 14.2. The van der Waals surface area contributed by atoms with E-state index < -0.39 is 57.5 Å². The second-order valence-corrected chi connectivity index (χ2v) is 9.93. The zero-order valence-corrected chi connectivity index (χ0v) is 24.3. The second-order valence-electron chi connectivity index (χ2n) is 9.93. The number of carbonyl (C=O) groups is 4. The molecule has 1 N–H and O–H groups in total. The molecule has 41 heavy (non-hydrogen) atoms. The summed E-state index contributed by atoms with van der Waals surface area (Å²) in [4.78, 5) is 68.9. The quantitative estimate of drug-likeness (QED) is 0.347. The largest absolute Gasteiger partial charge is 0.465 e. The highest BCUT2D eigenvalue weighted by molar-refractivity contribution is 6.22. The van der Waals surface area contributed by atoms with Crippen LogP contribution in [0.15, 0.2) is 44.6 Å². The molecule has 2 aromatic rings. The van der Waals surface area contributed by atoms with Crippen molar-refractivity contribution in [3.8, 4) is 0 Å². The number of fused-ring (bicyclic) bond motifs is 2. The second kappa shape index (κ2) is 12.8. The molecule has 0 bridgehead atoms. The number of rotatable bonds is 9. The predicted molar refractivity (Wildman–Crippen MR) is 148 cm³/mol. The molecule has 0 saturated heterocycles. The predicted octanol–water partition coefficient (Wildman–Crippen LogP) is 1.62. The molecule has 0 amide bonds. The Labute approximate surface area is 236 Å². The zero-order valence-electron chi connectivity index (χ0n) is 24.3. The van der Waals surface area contributed by atoms with Crippen molar-refractivity contribution in [2.75, 3.05) is 26.4 Å². The van der Waals surface area contributed by atoms with Gasteiger partial charge in [0.15, 0.2) is 5.42 Å². The summed E-state index contributed by atoms with van der Waals surface area (Å²) in [6, 6.07) is 6.30. The zero-order chi connectivity index (χ0) is 30.5. The molecular formula is C30H35NO10. The van der Waals surface area contributed by atoms with E-state index in [0.717, 1.165) is 0 Å². The molecule has 220 valence electrons. The van der Waals surface area contributed by atoms with Gasteiger partial charge < -0.3 is 28.7 Å². The number of para-hydroxylation sites is 1. The van der Waals surface area contributed by atoms with Crippen LogP contribution in [0.25, 0.3) is 22.2 Å².